The molecule has 1 atom stereocenters. The van der Waals surface area contributed by atoms with Crippen molar-refractivity contribution in [3.05, 3.63) is 48.0 Å². The number of aromatic nitrogens is 2. The van der Waals surface area contributed by atoms with Gasteiger partial charge < -0.3 is 9.30 Å². The van der Waals surface area contributed by atoms with Gasteiger partial charge in [-0.2, -0.15) is 13.2 Å². The van der Waals surface area contributed by atoms with Gasteiger partial charge in [-0.15, -0.1) is 0 Å². The average molecular weight is 299 g/mol. The molecule has 2 rings (SSSR count). The van der Waals surface area contributed by atoms with E-state index in [9.17, 15) is 13.2 Å². The summed E-state index contributed by atoms with van der Waals surface area (Å²) in [6.07, 6.45) is -1.15. The van der Waals surface area contributed by atoms with Crippen LogP contribution in [0.25, 0.3) is 0 Å². The molecular weight excluding hydrogens is 283 g/mol. The van der Waals surface area contributed by atoms with E-state index >= 15 is 0 Å². The lowest BCUT2D eigenvalue weighted by atomic mass is 10.1. The minimum atomic E-state index is -4.39. The fourth-order valence-corrected chi connectivity index (χ4v) is 1.98. The number of hydrogen-bond donors (Lipinski definition) is 1. The number of methoxy groups -OCH3 is 1. The molecule has 0 saturated heterocycles. The van der Waals surface area contributed by atoms with Gasteiger partial charge in [-0.3, -0.25) is 5.32 Å². The van der Waals surface area contributed by atoms with Gasteiger partial charge in [-0.05, 0) is 17.7 Å². The molecular formula is C14H16F3N3O. The van der Waals surface area contributed by atoms with Crippen molar-refractivity contribution in [3.63, 3.8) is 0 Å². The van der Waals surface area contributed by atoms with Crippen LogP contribution in [0.2, 0.25) is 0 Å². The van der Waals surface area contributed by atoms with E-state index in [1.165, 1.54) is 31.4 Å². The molecule has 21 heavy (non-hydrogen) atoms. The third kappa shape index (κ3) is 3.75. The molecule has 0 aliphatic rings. The predicted octanol–water partition coefficient (Wildman–Crippen LogP) is 2.82. The summed E-state index contributed by atoms with van der Waals surface area (Å²) in [5, 5.41) is 2.51. The monoisotopic (exact) mass is 299 g/mol. The standard InChI is InChI=1S/C14H16F3N3O/c1-20-8-7-18-12(20)9-19-13(14(15,16)17)10-3-5-11(21-2)6-4-10/h3-8,13,19H,9H2,1-2H3/t13-/m0/s1. The van der Waals surface area contributed by atoms with Crippen LogP contribution in [0.3, 0.4) is 0 Å². The van der Waals surface area contributed by atoms with Gasteiger partial charge in [0.05, 0.1) is 13.7 Å². The lowest BCUT2D eigenvalue weighted by Crippen LogP contribution is -2.34. The van der Waals surface area contributed by atoms with Crippen LogP contribution in [-0.4, -0.2) is 22.8 Å². The molecule has 0 aliphatic carbocycles. The van der Waals surface area contributed by atoms with Gasteiger partial charge in [-0.1, -0.05) is 12.1 Å². The second kappa shape index (κ2) is 6.17. The fourth-order valence-electron chi connectivity index (χ4n) is 1.98. The molecule has 0 unspecified atom stereocenters. The smallest absolute Gasteiger partial charge is 0.407 e. The zero-order valence-electron chi connectivity index (χ0n) is 11.7. The maximum atomic E-state index is 13.2. The Labute approximate surface area is 120 Å². The number of aryl methyl sites for hydroxylation is 1. The van der Waals surface area contributed by atoms with Crippen molar-refractivity contribution in [3.8, 4) is 5.75 Å². The molecule has 0 saturated carbocycles. The predicted molar refractivity (Wildman–Crippen MR) is 71.8 cm³/mol. The fraction of sp³-hybridized carbons (Fsp3) is 0.357. The Bertz CT molecular complexity index is 578. The number of hydrogen-bond acceptors (Lipinski definition) is 3. The van der Waals surface area contributed by atoms with Gasteiger partial charge in [0, 0.05) is 19.4 Å². The molecule has 0 radical (unpaired) electrons. The van der Waals surface area contributed by atoms with Gasteiger partial charge in [0.15, 0.2) is 0 Å². The van der Waals surface area contributed by atoms with Gasteiger partial charge >= 0.3 is 6.18 Å². The Morgan fingerprint density at radius 2 is 1.95 bits per heavy atom. The topological polar surface area (TPSA) is 39.1 Å². The third-order valence-corrected chi connectivity index (χ3v) is 3.16. The number of nitrogens with one attached hydrogen (secondary N) is 1. The molecule has 1 aromatic carbocycles. The van der Waals surface area contributed by atoms with Crippen LogP contribution in [-0.2, 0) is 13.6 Å². The normalized spacial score (nSPS) is 13.2. The number of imidazole rings is 1. The second-order valence-corrected chi connectivity index (χ2v) is 4.58. The van der Waals surface area contributed by atoms with Crippen LogP contribution in [0.4, 0.5) is 13.2 Å². The highest BCUT2D eigenvalue weighted by atomic mass is 19.4. The molecule has 0 spiro atoms. The second-order valence-electron chi connectivity index (χ2n) is 4.58. The van der Waals surface area contributed by atoms with Crippen molar-refractivity contribution in [2.24, 2.45) is 7.05 Å². The first kappa shape index (κ1) is 15.4. The van der Waals surface area contributed by atoms with Crippen LogP contribution in [0, 0.1) is 0 Å². The van der Waals surface area contributed by atoms with E-state index in [0.717, 1.165) is 0 Å². The highest BCUT2D eigenvalue weighted by Crippen LogP contribution is 2.33. The minimum Gasteiger partial charge on any atom is -0.497 e. The van der Waals surface area contributed by atoms with Crippen LogP contribution in [0.5, 0.6) is 5.75 Å². The number of halogens is 3. The molecule has 0 fully saturated rings. The Kier molecular flexibility index (Phi) is 4.52. The zero-order chi connectivity index (χ0) is 15.5. The summed E-state index contributed by atoms with van der Waals surface area (Å²) in [5.41, 5.74) is 0.137. The van der Waals surface area contributed by atoms with E-state index < -0.39 is 12.2 Å². The van der Waals surface area contributed by atoms with E-state index in [1.807, 2.05) is 0 Å². The lowest BCUT2D eigenvalue weighted by molar-refractivity contribution is -0.158. The van der Waals surface area contributed by atoms with Crippen molar-refractivity contribution in [2.45, 2.75) is 18.8 Å². The van der Waals surface area contributed by atoms with Crippen molar-refractivity contribution in [1.82, 2.24) is 14.9 Å². The van der Waals surface area contributed by atoms with E-state index in [2.05, 4.69) is 10.3 Å². The van der Waals surface area contributed by atoms with Crippen molar-refractivity contribution >= 4 is 0 Å². The molecule has 7 heteroatoms. The number of ether oxygens (including phenoxy) is 1. The van der Waals surface area contributed by atoms with E-state index in [4.69, 9.17) is 4.74 Å². The van der Waals surface area contributed by atoms with Gasteiger partial charge in [0.1, 0.15) is 17.6 Å². The summed E-state index contributed by atoms with van der Waals surface area (Å²) < 4.78 is 46.2. The Morgan fingerprint density at radius 1 is 1.29 bits per heavy atom. The van der Waals surface area contributed by atoms with Crippen LogP contribution in [0.15, 0.2) is 36.7 Å². The number of benzene rings is 1. The maximum Gasteiger partial charge on any atom is 0.407 e. The average Bonchev–Trinajstić information content (AvgIpc) is 2.84. The highest BCUT2D eigenvalue weighted by Gasteiger charge is 2.40. The molecule has 1 N–H and O–H groups in total. The van der Waals surface area contributed by atoms with Crippen LogP contribution < -0.4 is 10.1 Å². The quantitative estimate of drug-likeness (QED) is 0.922. The minimum absolute atomic E-state index is 0.0275. The molecule has 4 nitrogen and oxygen atoms in total. The largest absolute Gasteiger partial charge is 0.497 e. The number of alkyl halides is 3. The summed E-state index contributed by atoms with van der Waals surface area (Å²) in [6.45, 7) is 0.0275. The molecule has 0 aliphatic heterocycles. The van der Waals surface area contributed by atoms with Gasteiger partial charge in [-0.25, -0.2) is 4.98 Å². The maximum absolute atomic E-state index is 13.2. The molecule has 1 heterocycles. The molecule has 0 amide bonds. The summed E-state index contributed by atoms with van der Waals surface area (Å²) >= 11 is 0. The van der Waals surface area contributed by atoms with Crippen molar-refractivity contribution in [1.29, 1.82) is 0 Å². The SMILES string of the molecule is COc1ccc([C@H](NCc2nccn2C)C(F)(F)F)cc1. The first-order valence-electron chi connectivity index (χ1n) is 6.32. The van der Waals surface area contributed by atoms with E-state index in [1.54, 1.807) is 24.0 Å². The molecule has 114 valence electrons. The zero-order valence-corrected chi connectivity index (χ0v) is 11.7. The number of rotatable bonds is 5. The summed E-state index contributed by atoms with van der Waals surface area (Å²) in [4.78, 5) is 4.00. The van der Waals surface area contributed by atoms with E-state index in [0.29, 0.717) is 11.6 Å². The summed E-state index contributed by atoms with van der Waals surface area (Å²) in [6, 6.07) is 4.08. The van der Waals surface area contributed by atoms with Crippen molar-refractivity contribution < 1.29 is 17.9 Å². The summed E-state index contributed by atoms with van der Waals surface area (Å²) in [7, 11) is 3.20. The van der Waals surface area contributed by atoms with E-state index in [-0.39, 0.29) is 12.1 Å². The highest BCUT2D eigenvalue weighted by molar-refractivity contribution is 5.29. The van der Waals surface area contributed by atoms with Crippen molar-refractivity contribution in [2.75, 3.05) is 7.11 Å². The van der Waals surface area contributed by atoms with Gasteiger partial charge in [0.25, 0.3) is 0 Å². The molecule has 2 aromatic rings. The van der Waals surface area contributed by atoms with Gasteiger partial charge in [0.2, 0.25) is 0 Å². The first-order valence-corrected chi connectivity index (χ1v) is 6.32. The number of nitrogens with zero attached hydrogens (tertiary/aromatic N) is 2. The Balaban J connectivity index is 2.16. The lowest BCUT2D eigenvalue weighted by Gasteiger charge is -2.22. The first-order chi connectivity index (χ1) is 9.91. The summed E-state index contributed by atoms with van der Waals surface area (Å²) in [5.74, 6) is 1.06. The Hall–Kier alpha value is -2.02. The Morgan fingerprint density at radius 3 is 2.43 bits per heavy atom. The molecule has 1 aromatic heterocycles. The third-order valence-electron chi connectivity index (χ3n) is 3.16. The molecule has 0 bridgehead atoms. The van der Waals surface area contributed by atoms with Crippen LogP contribution >= 0.6 is 0 Å². The van der Waals surface area contributed by atoms with Crippen LogP contribution in [0.1, 0.15) is 17.4 Å².